The normalized spacial score (nSPS) is 9.73. The Kier molecular flexibility index (Phi) is 2.31. The zero-order valence-corrected chi connectivity index (χ0v) is 7.44. The SMILES string of the molecule is Cc1cc(Br)oc1C(=O)NN. The van der Waals surface area contributed by atoms with Gasteiger partial charge in [0, 0.05) is 5.56 Å². The van der Waals surface area contributed by atoms with Crippen LogP contribution >= 0.6 is 15.9 Å². The van der Waals surface area contributed by atoms with Gasteiger partial charge in [0.05, 0.1) is 0 Å². The van der Waals surface area contributed by atoms with Gasteiger partial charge >= 0.3 is 5.91 Å². The minimum atomic E-state index is -0.423. The highest BCUT2D eigenvalue weighted by Gasteiger charge is 2.12. The average Bonchev–Trinajstić information content (AvgIpc) is 2.28. The molecule has 0 spiro atoms. The van der Waals surface area contributed by atoms with E-state index in [1.807, 2.05) is 5.43 Å². The van der Waals surface area contributed by atoms with Crippen molar-refractivity contribution in [2.75, 3.05) is 0 Å². The molecule has 60 valence electrons. The lowest BCUT2D eigenvalue weighted by molar-refractivity contribution is 0.0924. The highest BCUT2D eigenvalue weighted by molar-refractivity contribution is 9.10. The molecule has 0 bridgehead atoms. The largest absolute Gasteiger partial charge is 0.444 e. The van der Waals surface area contributed by atoms with Crippen LogP contribution < -0.4 is 11.3 Å². The van der Waals surface area contributed by atoms with Crippen LogP contribution in [0.2, 0.25) is 0 Å². The highest BCUT2D eigenvalue weighted by atomic mass is 79.9. The number of rotatable bonds is 1. The number of nitrogens with one attached hydrogen (secondary N) is 1. The van der Waals surface area contributed by atoms with Gasteiger partial charge in [-0.25, -0.2) is 5.84 Å². The first-order chi connectivity index (χ1) is 5.15. The van der Waals surface area contributed by atoms with Gasteiger partial charge in [0.15, 0.2) is 10.4 Å². The van der Waals surface area contributed by atoms with Gasteiger partial charge < -0.3 is 4.42 Å². The van der Waals surface area contributed by atoms with Crippen LogP contribution in [0.3, 0.4) is 0 Å². The quantitative estimate of drug-likeness (QED) is 0.419. The van der Waals surface area contributed by atoms with Crippen molar-refractivity contribution in [1.82, 2.24) is 5.43 Å². The van der Waals surface area contributed by atoms with Crippen molar-refractivity contribution < 1.29 is 9.21 Å². The van der Waals surface area contributed by atoms with Crippen LogP contribution in [0.1, 0.15) is 16.1 Å². The summed E-state index contributed by atoms with van der Waals surface area (Å²) in [5.74, 6) is 4.72. The second-order valence-corrected chi connectivity index (χ2v) is 2.82. The average molecular weight is 219 g/mol. The van der Waals surface area contributed by atoms with Crippen molar-refractivity contribution in [2.24, 2.45) is 5.84 Å². The lowest BCUT2D eigenvalue weighted by atomic mass is 10.3. The molecular weight excluding hydrogens is 212 g/mol. The maximum absolute atomic E-state index is 10.9. The number of carbonyl (C=O) groups excluding carboxylic acids is 1. The van der Waals surface area contributed by atoms with Crippen LogP contribution in [-0.4, -0.2) is 5.91 Å². The molecule has 1 rings (SSSR count). The van der Waals surface area contributed by atoms with E-state index in [4.69, 9.17) is 10.3 Å². The minimum absolute atomic E-state index is 0.236. The van der Waals surface area contributed by atoms with Crippen LogP contribution in [-0.2, 0) is 0 Å². The fourth-order valence-corrected chi connectivity index (χ4v) is 1.24. The Bertz CT molecular complexity index is 282. The zero-order chi connectivity index (χ0) is 8.43. The van der Waals surface area contributed by atoms with E-state index in [0.29, 0.717) is 4.67 Å². The number of aryl methyl sites for hydroxylation is 1. The van der Waals surface area contributed by atoms with Gasteiger partial charge in [0.1, 0.15) is 0 Å². The molecule has 0 aliphatic rings. The third kappa shape index (κ3) is 1.61. The molecule has 0 aromatic carbocycles. The maximum Gasteiger partial charge on any atom is 0.301 e. The summed E-state index contributed by atoms with van der Waals surface area (Å²) in [6, 6.07) is 1.70. The van der Waals surface area contributed by atoms with Crippen molar-refractivity contribution in [1.29, 1.82) is 0 Å². The van der Waals surface area contributed by atoms with Crippen LogP contribution in [0, 0.1) is 6.92 Å². The first kappa shape index (κ1) is 8.29. The Morgan fingerprint density at radius 1 is 1.82 bits per heavy atom. The van der Waals surface area contributed by atoms with Gasteiger partial charge in [0.25, 0.3) is 0 Å². The third-order valence-corrected chi connectivity index (χ3v) is 1.62. The van der Waals surface area contributed by atoms with E-state index in [-0.39, 0.29) is 5.76 Å². The van der Waals surface area contributed by atoms with Crippen LogP contribution in [0.15, 0.2) is 15.2 Å². The Morgan fingerprint density at radius 3 is 2.82 bits per heavy atom. The molecule has 4 nitrogen and oxygen atoms in total. The van der Waals surface area contributed by atoms with Gasteiger partial charge in [-0.3, -0.25) is 10.2 Å². The number of nitrogens with two attached hydrogens (primary N) is 1. The van der Waals surface area contributed by atoms with Crippen molar-refractivity contribution in [3.8, 4) is 0 Å². The van der Waals surface area contributed by atoms with Crippen molar-refractivity contribution >= 4 is 21.8 Å². The number of furan rings is 1. The molecule has 1 aromatic rings. The number of hydrogen-bond donors (Lipinski definition) is 2. The second-order valence-electron chi connectivity index (χ2n) is 2.04. The number of hydrogen-bond acceptors (Lipinski definition) is 3. The number of amides is 1. The monoisotopic (exact) mass is 218 g/mol. The van der Waals surface area contributed by atoms with E-state index in [9.17, 15) is 4.79 Å². The van der Waals surface area contributed by atoms with Crippen molar-refractivity contribution in [2.45, 2.75) is 6.92 Å². The Hall–Kier alpha value is -0.810. The molecular formula is C6H7BrN2O2. The van der Waals surface area contributed by atoms with Crippen molar-refractivity contribution in [3.05, 3.63) is 22.1 Å². The molecule has 0 aliphatic carbocycles. The first-order valence-corrected chi connectivity index (χ1v) is 3.71. The smallest absolute Gasteiger partial charge is 0.301 e. The van der Waals surface area contributed by atoms with E-state index in [2.05, 4.69) is 15.9 Å². The predicted octanol–water partition coefficient (Wildman–Crippen LogP) is 0.954. The summed E-state index contributed by atoms with van der Waals surface area (Å²) in [6.45, 7) is 1.76. The molecule has 1 amide bonds. The molecule has 3 N–H and O–H groups in total. The van der Waals surface area contributed by atoms with E-state index < -0.39 is 5.91 Å². The minimum Gasteiger partial charge on any atom is -0.444 e. The van der Waals surface area contributed by atoms with E-state index in [1.165, 1.54) is 0 Å². The number of halogens is 1. The highest BCUT2D eigenvalue weighted by Crippen LogP contribution is 2.18. The fraction of sp³-hybridized carbons (Fsp3) is 0.167. The summed E-state index contributed by atoms with van der Waals surface area (Å²) in [7, 11) is 0. The molecule has 0 atom stereocenters. The summed E-state index contributed by atoms with van der Waals surface area (Å²) in [6.07, 6.45) is 0. The van der Waals surface area contributed by atoms with Gasteiger partial charge in [-0.15, -0.1) is 0 Å². The van der Waals surface area contributed by atoms with Gasteiger partial charge in [-0.1, -0.05) is 0 Å². The van der Waals surface area contributed by atoms with Crippen molar-refractivity contribution in [3.63, 3.8) is 0 Å². The zero-order valence-electron chi connectivity index (χ0n) is 5.85. The molecule has 0 unspecified atom stereocenters. The standard InChI is InChI=1S/C6H7BrN2O2/c1-3-2-4(7)11-5(3)6(10)9-8/h2H,8H2,1H3,(H,9,10). The lowest BCUT2D eigenvalue weighted by Gasteiger charge is -1.93. The summed E-state index contributed by atoms with van der Waals surface area (Å²) >= 11 is 3.09. The third-order valence-electron chi connectivity index (χ3n) is 1.23. The maximum atomic E-state index is 10.9. The Morgan fingerprint density at radius 2 is 2.45 bits per heavy atom. The summed E-state index contributed by atoms with van der Waals surface area (Å²) in [5.41, 5.74) is 2.73. The van der Waals surface area contributed by atoms with Crippen LogP contribution in [0.4, 0.5) is 0 Å². The Balaban J connectivity index is 3.03. The first-order valence-electron chi connectivity index (χ1n) is 2.92. The van der Waals surface area contributed by atoms with E-state index in [1.54, 1.807) is 13.0 Å². The summed E-state index contributed by atoms with van der Waals surface area (Å²) < 4.78 is 5.51. The number of hydrazine groups is 1. The number of nitrogen functional groups attached to an aromatic ring is 1. The van der Waals surface area contributed by atoms with Gasteiger partial charge in [-0.05, 0) is 28.9 Å². The lowest BCUT2D eigenvalue weighted by Crippen LogP contribution is -2.30. The molecule has 0 fully saturated rings. The molecule has 1 aromatic heterocycles. The Labute approximate surface area is 71.8 Å². The molecule has 0 aliphatic heterocycles. The second kappa shape index (κ2) is 3.06. The summed E-state index contributed by atoms with van der Waals surface area (Å²) in [4.78, 5) is 10.9. The molecule has 1 heterocycles. The van der Waals surface area contributed by atoms with Crippen LogP contribution in [0.25, 0.3) is 0 Å². The van der Waals surface area contributed by atoms with Crippen LogP contribution in [0.5, 0.6) is 0 Å². The molecule has 11 heavy (non-hydrogen) atoms. The summed E-state index contributed by atoms with van der Waals surface area (Å²) in [5, 5.41) is 0. The molecule has 0 saturated heterocycles. The topological polar surface area (TPSA) is 68.3 Å². The van der Waals surface area contributed by atoms with Gasteiger partial charge in [-0.2, -0.15) is 0 Å². The molecule has 5 heteroatoms. The molecule has 0 radical (unpaired) electrons. The molecule has 0 saturated carbocycles. The fourth-order valence-electron chi connectivity index (χ4n) is 0.734. The van der Waals surface area contributed by atoms with Gasteiger partial charge in [0.2, 0.25) is 0 Å². The predicted molar refractivity (Wildman–Crippen MR) is 42.8 cm³/mol. The van der Waals surface area contributed by atoms with E-state index >= 15 is 0 Å². The number of carbonyl (C=O) groups is 1. The van der Waals surface area contributed by atoms with E-state index in [0.717, 1.165) is 5.56 Å².